The van der Waals surface area contributed by atoms with Crippen LogP contribution in [0.2, 0.25) is 0 Å². The van der Waals surface area contributed by atoms with Crippen LogP contribution in [0.25, 0.3) is 89.7 Å². The van der Waals surface area contributed by atoms with Crippen molar-refractivity contribution in [2.45, 2.75) is 27.2 Å². The van der Waals surface area contributed by atoms with Crippen molar-refractivity contribution in [2.24, 2.45) is 5.73 Å². The van der Waals surface area contributed by atoms with Gasteiger partial charge in [-0.25, -0.2) is 9.97 Å². The van der Waals surface area contributed by atoms with E-state index < -0.39 is 5.91 Å². The van der Waals surface area contributed by atoms with E-state index in [9.17, 15) is 4.79 Å². The molecule has 15 heteroatoms. The van der Waals surface area contributed by atoms with Crippen molar-refractivity contribution in [3.8, 4) is 91.5 Å². The summed E-state index contributed by atoms with van der Waals surface area (Å²) in [7, 11) is 0. The van der Waals surface area contributed by atoms with E-state index in [0.29, 0.717) is 136 Å². The molecule has 0 unspecified atom stereocenters. The molecule has 2 aliphatic heterocycles. The first-order valence-corrected chi connectivity index (χ1v) is 24.1. The second-order valence-corrected chi connectivity index (χ2v) is 18.5. The Labute approximate surface area is 447 Å². The first-order chi connectivity index (χ1) is 36.6. The minimum Gasteiger partial charge on any atom is -0.457 e. The predicted molar refractivity (Wildman–Crippen MR) is 287 cm³/mol. The normalized spacial score (nSPS) is 11.4. The molecular weight excluding hydrogens is 1000 g/mol. The fourth-order valence-corrected chi connectivity index (χ4v) is 9.29. The summed E-state index contributed by atoms with van der Waals surface area (Å²) in [5, 5.41) is 2.74. The van der Waals surface area contributed by atoms with Gasteiger partial charge in [-0.05, 0) is 186 Å². The Bertz CT molecular complexity index is 4270. The van der Waals surface area contributed by atoms with Crippen LogP contribution in [0.4, 0.5) is 0 Å². The molecule has 362 valence electrons. The third kappa shape index (κ3) is 9.35. The third-order valence-electron chi connectivity index (χ3n) is 12.8. The van der Waals surface area contributed by atoms with E-state index >= 15 is 0 Å². The molecule has 1 amide bonds. The number of hydrogen-bond donors (Lipinski definition) is 1. The Hall–Kier alpha value is -9.59. The summed E-state index contributed by atoms with van der Waals surface area (Å²) in [6, 6.07) is 53.7. The molecule has 8 aromatic carbocycles. The average Bonchev–Trinajstić information content (AvgIpc) is 4.12. The summed E-state index contributed by atoms with van der Waals surface area (Å²) in [5.41, 5.74) is 13.7. The van der Waals surface area contributed by atoms with Gasteiger partial charge in [-0.15, -0.1) is 0 Å². The molecule has 0 aliphatic carbocycles. The number of aromatic nitrogens is 8. The zero-order valence-corrected chi connectivity index (χ0v) is 44.2. The summed E-state index contributed by atoms with van der Waals surface area (Å²) in [6.45, 7) is 6.06. The standard InChI is InChI=1S/C61H42N9O5.Zn/c1-33-7-4-10-38(25-33)73-42-18-22-46-50(30-42)60-66-55(46)64-58-49-29-41(72-37-15-13-36(14-16-37)28-53(62)71)17-21-45(49)54(63-58)65-59-51-31-43(74-39-11-5-8-34(2)26-39)19-23-47(51)56(67-59)69-61-52-32-44(20-24-48(52)57(68-60)70-61)75-40-12-6-9-35(3)27-40;/h4-27,29-32H,28H2,1-3H3,(H3-,62,63,64,65,66,67,68,69,70,71);/q-1;+2/p-1. The summed E-state index contributed by atoms with van der Waals surface area (Å²) in [6.07, 6.45) is 0.124. The molecular formula is C61H41N9O5Zn. The maximum absolute atomic E-state index is 11.6. The Balaban J connectivity index is 0.00000582. The van der Waals surface area contributed by atoms with E-state index in [-0.39, 0.29) is 25.9 Å². The van der Waals surface area contributed by atoms with Crippen molar-refractivity contribution in [3.05, 3.63) is 192 Å². The van der Waals surface area contributed by atoms with Crippen molar-refractivity contribution < 1.29 is 43.2 Å². The second kappa shape index (κ2) is 19.4. The SMILES string of the molecule is Cc1cccc(Oc2ccc3c(c2)-c2nc-3nc3[n-]c(nc4nc(nc5[n-]c(n2)c2ccc(Oc6ccc(CC(N)=O)cc6)cc52)-c2ccc(Oc5cccc(C)c5)cc2-4)c2ccc(Oc4cccc(C)c4)cc32)c1.[Zn+2]. The van der Waals surface area contributed by atoms with Gasteiger partial charge < -0.3 is 54.6 Å². The molecule has 14 nitrogen and oxygen atoms in total. The van der Waals surface area contributed by atoms with E-state index in [1.54, 1.807) is 12.1 Å². The number of benzene rings is 8. The number of nitrogens with zero attached hydrogens (tertiary/aromatic N) is 8. The van der Waals surface area contributed by atoms with Gasteiger partial charge >= 0.3 is 19.5 Å². The van der Waals surface area contributed by atoms with E-state index in [0.717, 1.165) is 22.3 Å². The summed E-state index contributed by atoms with van der Waals surface area (Å²) >= 11 is 0. The number of nitrogens with two attached hydrogens (primary N) is 1. The molecule has 76 heavy (non-hydrogen) atoms. The second-order valence-electron chi connectivity index (χ2n) is 18.5. The predicted octanol–water partition coefficient (Wildman–Crippen LogP) is 13.2. The average molecular weight is 1050 g/mol. The molecule has 0 atom stereocenters. The quantitative estimate of drug-likeness (QED) is 0.128. The van der Waals surface area contributed by atoms with Crippen LogP contribution in [-0.2, 0) is 30.7 Å². The van der Waals surface area contributed by atoms with E-state index in [2.05, 4.69) is 0 Å². The molecule has 11 aromatic rings. The number of ether oxygens (including phenoxy) is 4. The molecule has 0 fully saturated rings. The molecule has 0 saturated carbocycles. The number of hydrogen-bond acceptors (Lipinski definition) is 11. The number of fused-ring (bicyclic) bond motifs is 20. The molecule has 13 rings (SSSR count). The van der Waals surface area contributed by atoms with Crippen molar-refractivity contribution in [3.63, 3.8) is 0 Å². The van der Waals surface area contributed by atoms with Crippen molar-refractivity contribution >= 4 is 50.0 Å². The largest absolute Gasteiger partial charge is 2.00 e. The molecule has 2 N–H and O–H groups in total. The van der Waals surface area contributed by atoms with Crippen LogP contribution in [0.15, 0.2) is 170 Å². The monoisotopic (exact) mass is 1040 g/mol. The van der Waals surface area contributed by atoms with Gasteiger partial charge in [-0.2, -0.15) is 0 Å². The van der Waals surface area contributed by atoms with Crippen LogP contribution in [0.1, 0.15) is 22.3 Å². The van der Waals surface area contributed by atoms with Crippen LogP contribution < -0.4 is 34.6 Å². The first-order valence-electron chi connectivity index (χ1n) is 24.1. The van der Waals surface area contributed by atoms with Crippen molar-refractivity contribution in [1.29, 1.82) is 0 Å². The molecule has 0 saturated heterocycles. The first kappa shape index (κ1) is 47.4. The molecule has 5 heterocycles. The summed E-state index contributed by atoms with van der Waals surface area (Å²) in [4.78, 5) is 53.0. The molecule has 0 spiro atoms. The van der Waals surface area contributed by atoms with E-state index in [4.69, 9.17) is 64.6 Å². The zero-order valence-electron chi connectivity index (χ0n) is 41.3. The maximum Gasteiger partial charge on any atom is 2.00 e. The minimum atomic E-state index is -0.414. The van der Waals surface area contributed by atoms with Gasteiger partial charge in [0.15, 0.2) is 0 Å². The number of carbonyl (C=O) groups is 1. The molecule has 3 aromatic heterocycles. The van der Waals surface area contributed by atoms with Gasteiger partial charge in [0, 0.05) is 44.8 Å². The van der Waals surface area contributed by atoms with Crippen LogP contribution in [0, 0.1) is 20.8 Å². The summed E-state index contributed by atoms with van der Waals surface area (Å²) in [5.74, 6) is 5.98. The van der Waals surface area contributed by atoms with E-state index in [1.807, 2.05) is 178 Å². The van der Waals surface area contributed by atoms with Crippen LogP contribution in [-0.4, -0.2) is 35.8 Å². The number of rotatable bonds is 10. The molecule has 8 bridgehead atoms. The topological polar surface area (TPSA) is 186 Å². The zero-order chi connectivity index (χ0) is 50.7. The van der Waals surface area contributed by atoms with Crippen LogP contribution in [0.3, 0.4) is 0 Å². The molecule has 2 aliphatic rings. The van der Waals surface area contributed by atoms with Crippen molar-refractivity contribution in [1.82, 2.24) is 39.9 Å². The van der Waals surface area contributed by atoms with Gasteiger partial charge in [0.2, 0.25) is 5.91 Å². The van der Waals surface area contributed by atoms with Gasteiger partial charge in [-0.1, -0.05) is 48.5 Å². The van der Waals surface area contributed by atoms with Gasteiger partial charge in [-0.3, -0.25) is 4.79 Å². The number of amides is 1. The Kier molecular flexibility index (Phi) is 12.1. The Morgan fingerprint density at radius 3 is 1.13 bits per heavy atom. The smallest absolute Gasteiger partial charge is 0.457 e. The minimum absolute atomic E-state index is 0. The third-order valence-corrected chi connectivity index (χ3v) is 12.8. The fraction of sp³-hybridized carbons (Fsp3) is 0.0656. The molecule has 0 radical (unpaired) electrons. The number of aryl methyl sites for hydroxylation is 3. The van der Waals surface area contributed by atoms with Gasteiger partial charge in [0.25, 0.3) is 0 Å². The van der Waals surface area contributed by atoms with Crippen LogP contribution in [0.5, 0.6) is 46.0 Å². The van der Waals surface area contributed by atoms with Gasteiger partial charge in [0.1, 0.15) is 46.0 Å². The summed E-state index contributed by atoms with van der Waals surface area (Å²) < 4.78 is 25.6. The Morgan fingerprint density at radius 2 is 0.724 bits per heavy atom. The van der Waals surface area contributed by atoms with Crippen molar-refractivity contribution in [2.75, 3.05) is 0 Å². The van der Waals surface area contributed by atoms with Crippen LogP contribution >= 0.6 is 0 Å². The van der Waals surface area contributed by atoms with Gasteiger partial charge in [0.05, 0.1) is 29.7 Å². The van der Waals surface area contributed by atoms with E-state index in [1.165, 1.54) is 0 Å². The fourth-order valence-electron chi connectivity index (χ4n) is 9.29. The maximum atomic E-state index is 11.6. The Morgan fingerprint density at radius 1 is 0.382 bits per heavy atom. The number of carbonyl (C=O) groups excluding carboxylic acids is 1. The number of primary amides is 1.